The fraction of sp³-hybridized carbons (Fsp3) is 0.0714. The third-order valence-electron chi connectivity index (χ3n) is 2.88. The Labute approximate surface area is 113 Å². The van der Waals surface area contributed by atoms with Gasteiger partial charge < -0.3 is 5.11 Å². The predicted octanol–water partition coefficient (Wildman–Crippen LogP) is 2.32. The van der Waals surface area contributed by atoms with Crippen molar-refractivity contribution >= 4 is 17.0 Å². The number of aromatic carboxylic acids is 1. The molecule has 0 radical (unpaired) electrons. The largest absolute Gasteiger partial charge is 0.478 e. The molecule has 1 aromatic heterocycles. The molecule has 6 heteroatoms. The summed E-state index contributed by atoms with van der Waals surface area (Å²) in [6.45, 7) is 0.331. The van der Waals surface area contributed by atoms with Gasteiger partial charge >= 0.3 is 5.97 Å². The molecule has 0 saturated carbocycles. The van der Waals surface area contributed by atoms with Crippen molar-refractivity contribution in [3.8, 4) is 0 Å². The molecule has 0 aliphatic carbocycles. The average Bonchev–Trinajstić information content (AvgIpc) is 2.80. The molecule has 0 spiro atoms. The number of nitrogens with zero attached hydrogens (tertiary/aromatic N) is 3. The monoisotopic (exact) mass is 271 g/mol. The second-order valence-corrected chi connectivity index (χ2v) is 4.37. The van der Waals surface area contributed by atoms with Crippen LogP contribution in [0.15, 0.2) is 42.5 Å². The third kappa shape index (κ3) is 2.35. The number of hydrogen-bond acceptors (Lipinski definition) is 3. The van der Waals surface area contributed by atoms with Crippen LogP contribution in [0.2, 0.25) is 0 Å². The predicted molar refractivity (Wildman–Crippen MR) is 70.0 cm³/mol. The van der Waals surface area contributed by atoms with E-state index < -0.39 is 5.97 Å². The van der Waals surface area contributed by atoms with Crippen molar-refractivity contribution < 1.29 is 14.3 Å². The Morgan fingerprint density at radius 2 is 1.95 bits per heavy atom. The Bertz CT molecular complexity index is 798. The number of aromatic nitrogens is 3. The first kappa shape index (κ1) is 12.3. The lowest BCUT2D eigenvalue weighted by atomic mass is 10.1. The van der Waals surface area contributed by atoms with Gasteiger partial charge in [-0.05, 0) is 29.8 Å². The molecule has 3 aromatic rings. The quantitative estimate of drug-likeness (QED) is 0.793. The summed E-state index contributed by atoms with van der Waals surface area (Å²) >= 11 is 0. The van der Waals surface area contributed by atoms with Crippen LogP contribution in [0.1, 0.15) is 15.9 Å². The molecular formula is C14H10FN3O2. The highest BCUT2D eigenvalue weighted by Crippen LogP contribution is 2.12. The summed E-state index contributed by atoms with van der Waals surface area (Å²) in [6.07, 6.45) is 0. The second-order valence-electron chi connectivity index (χ2n) is 4.37. The van der Waals surface area contributed by atoms with E-state index in [0.29, 0.717) is 17.6 Å². The number of carboxylic acids is 1. The van der Waals surface area contributed by atoms with Crippen LogP contribution in [0.25, 0.3) is 11.0 Å². The summed E-state index contributed by atoms with van der Waals surface area (Å²) in [7, 11) is 0. The van der Waals surface area contributed by atoms with Crippen LogP contribution < -0.4 is 0 Å². The van der Waals surface area contributed by atoms with E-state index in [2.05, 4.69) is 10.2 Å². The van der Waals surface area contributed by atoms with Crippen molar-refractivity contribution in [3.63, 3.8) is 0 Å². The number of fused-ring (bicyclic) bond motifs is 1. The van der Waals surface area contributed by atoms with Crippen LogP contribution in [0, 0.1) is 5.82 Å². The molecule has 0 bridgehead atoms. The van der Waals surface area contributed by atoms with Crippen LogP contribution in [0.5, 0.6) is 0 Å². The molecule has 2 aromatic carbocycles. The van der Waals surface area contributed by atoms with Crippen LogP contribution in [-0.2, 0) is 6.54 Å². The van der Waals surface area contributed by atoms with Gasteiger partial charge in [0.2, 0.25) is 0 Å². The topological polar surface area (TPSA) is 68.0 Å². The first-order valence-corrected chi connectivity index (χ1v) is 5.94. The molecule has 100 valence electrons. The summed E-state index contributed by atoms with van der Waals surface area (Å²) in [5.41, 5.74) is 2.05. The first-order chi connectivity index (χ1) is 9.61. The Morgan fingerprint density at radius 1 is 1.15 bits per heavy atom. The fourth-order valence-corrected chi connectivity index (χ4v) is 1.97. The molecule has 1 N–H and O–H groups in total. The minimum atomic E-state index is -0.979. The highest BCUT2D eigenvalue weighted by Gasteiger charge is 2.07. The van der Waals surface area contributed by atoms with Crippen molar-refractivity contribution in [3.05, 3.63) is 59.4 Å². The summed E-state index contributed by atoms with van der Waals surface area (Å²) in [5, 5.41) is 17.3. The van der Waals surface area contributed by atoms with Crippen molar-refractivity contribution in [1.82, 2.24) is 15.0 Å². The first-order valence-electron chi connectivity index (χ1n) is 5.94. The zero-order valence-electron chi connectivity index (χ0n) is 10.3. The van der Waals surface area contributed by atoms with Crippen LogP contribution in [0.4, 0.5) is 4.39 Å². The molecule has 0 aliphatic rings. The molecule has 1 heterocycles. The molecule has 0 amide bonds. The molecule has 0 saturated heterocycles. The van der Waals surface area contributed by atoms with E-state index in [0.717, 1.165) is 5.56 Å². The molecule has 0 fully saturated rings. The summed E-state index contributed by atoms with van der Waals surface area (Å²) in [4.78, 5) is 12.3. The molecule has 20 heavy (non-hydrogen) atoms. The van der Waals surface area contributed by atoms with Gasteiger partial charge in [-0.2, -0.15) is 15.0 Å². The second kappa shape index (κ2) is 4.73. The van der Waals surface area contributed by atoms with Gasteiger partial charge in [-0.25, -0.2) is 9.18 Å². The lowest BCUT2D eigenvalue weighted by Crippen LogP contribution is -2.05. The highest BCUT2D eigenvalue weighted by molar-refractivity contribution is 5.87. The zero-order chi connectivity index (χ0) is 14.1. The number of carboxylic acid groups (broad SMARTS) is 1. The van der Waals surface area contributed by atoms with Gasteiger partial charge in [0, 0.05) is 6.07 Å². The normalized spacial score (nSPS) is 10.8. The molecular weight excluding hydrogens is 261 g/mol. The maximum Gasteiger partial charge on any atom is 0.335 e. The maximum atomic E-state index is 13.1. The van der Waals surface area contributed by atoms with Crippen molar-refractivity contribution in [1.29, 1.82) is 0 Å². The van der Waals surface area contributed by atoms with Crippen molar-refractivity contribution in [2.75, 3.05) is 0 Å². The maximum absolute atomic E-state index is 13.1. The van der Waals surface area contributed by atoms with Gasteiger partial charge in [0.15, 0.2) is 0 Å². The van der Waals surface area contributed by atoms with Crippen LogP contribution in [0.3, 0.4) is 0 Å². The van der Waals surface area contributed by atoms with Gasteiger partial charge in [-0.1, -0.05) is 12.1 Å². The van der Waals surface area contributed by atoms with Crippen LogP contribution >= 0.6 is 0 Å². The average molecular weight is 271 g/mol. The van der Waals surface area contributed by atoms with Gasteiger partial charge in [0.25, 0.3) is 0 Å². The standard InChI is InChI=1S/C14H10FN3O2/c15-11-4-5-12-13(7-11)17-18(16-12)8-9-2-1-3-10(6-9)14(19)20/h1-7H,8H2,(H,19,20). The number of halogens is 1. The Morgan fingerprint density at radius 3 is 2.75 bits per heavy atom. The molecule has 0 unspecified atom stereocenters. The lowest BCUT2D eigenvalue weighted by Gasteiger charge is -2.01. The minimum absolute atomic E-state index is 0.213. The van der Waals surface area contributed by atoms with Gasteiger partial charge in [-0.3, -0.25) is 0 Å². The lowest BCUT2D eigenvalue weighted by molar-refractivity contribution is 0.0696. The smallest absolute Gasteiger partial charge is 0.335 e. The van der Waals surface area contributed by atoms with E-state index in [1.807, 2.05) is 0 Å². The third-order valence-corrected chi connectivity index (χ3v) is 2.88. The van der Waals surface area contributed by atoms with E-state index in [-0.39, 0.29) is 11.4 Å². The summed E-state index contributed by atoms with van der Waals surface area (Å²) in [6, 6.07) is 10.7. The van der Waals surface area contributed by atoms with E-state index in [1.165, 1.54) is 23.0 Å². The van der Waals surface area contributed by atoms with Gasteiger partial charge in [0.05, 0.1) is 12.1 Å². The Balaban J connectivity index is 1.92. The summed E-state index contributed by atoms with van der Waals surface area (Å²) in [5.74, 6) is -1.34. The zero-order valence-corrected chi connectivity index (χ0v) is 10.3. The molecule has 0 atom stereocenters. The summed E-state index contributed by atoms with van der Waals surface area (Å²) < 4.78 is 13.1. The molecule has 5 nitrogen and oxygen atoms in total. The molecule has 0 aliphatic heterocycles. The van der Waals surface area contributed by atoms with E-state index in [9.17, 15) is 9.18 Å². The van der Waals surface area contributed by atoms with Crippen molar-refractivity contribution in [2.24, 2.45) is 0 Å². The number of carbonyl (C=O) groups is 1. The fourth-order valence-electron chi connectivity index (χ4n) is 1.97. The number of hydrogen-bond donors (Lipinski definition) is 1. The number of benzene rings is 2. The SMILES string of the molecule is O=C(O)c1cccc(Cn2nc3ccc(F)cc3n2)c1. The molecule has 3 rings (SSSR count). The van der Waals surface area contributed by atoms with Crippen LogP contribution in [-0.4, -0.2) is 26.1 Å². The highest BCUT2D eigenvalue weighted by atomic mass is 19.1. The van der Waals surface area contributed by atoms with Crippen molar-refractivity contribution in [2.45, 2.75) is 6.54 Å². The Hall–Kier alpha value is -2.76. The van der Waals surface area contributed by atoms with E-state index in [4.69, 9.17) is 5.11 Å². The number of rotatable bonds is 3. The van der Waals surface area contributed by atoms with E-state index >= 15 is 0 Å². The Kier molecular flexibility index (Phi) is 2.90. The minimum Gasteiger partial charge on any atom is -0.478 e. The van der Waals surface area contributed by atoms with Gasteiger partial charge in [-0.15, -0.1) is 0 Å². The van der Waals surface area contributed by atoms with E-state index in [1.54, 1.807) is 24.3 Å². The van der Waals surface area contributed by atoms with Gasteiger partial charge in [0.1, 0.15) is 16.9 Å².